The van der Waals surface area contributed by atoms with E-state index in [0.29, 0.717) is 0 Å². The molecule has 1 aliphatic carbocycles. The maximum atomic E-state index is 6.10. The van der Waals surface area contributed by atoms with Crippen LogP contribution in [0.2, 0.25) is 0 Å². The monoisotopic (exact) mass is 434 g/mol. The Kier molecular flexibility index (Phi) is 3.27. The molecule has 0 unspecified atom stereocenters. The van der Waals surface area contributed by atoms with Crippen LogP contribution in [-0.4, -0.2) is 0 Å². The number of benzene rings is 6. The first-order chi connectivity index (χ1) is 16.6. The van der Waals surface area contributed by atoms with Crippen LogP contribution in [-0.2, 0) is 5.41 Å². The van der Waals surface area contributed by atoms with Gasteiger partial charge in [0.25, 0.3) is 0 Å². The zero-order valence-corrected chi connectivity index (χ0v) is 19.1. The van der Waals surface area contributed by atoms with Gasteiger partial charge in [-0.25, -0.2) is 0 Å². The third kappa shape index (κ3) is 2.15. The minimum Gasteiger partial charge on any atom is -0.456 e. The topological polar surface area (TPSA) is 13.1 Å². The molecule has 0 aliphatic heterocycles. The fourth-order valence-corrected chi connectivity index (χ4v) is 6.39. The predicted octanol–water partition coefficient (Wildman–Crippen LogP) is 9.35. The number of fused-ring (bicyclic) bond motifs is 3. The van der Waals surface area contributed by atoms with E-state index in [1.807, 2.05) is 12.1 Å². The third-order valence-corrected chi connectivity index (χ3v) is 8.02. The van der Waals surface area contributed by atoms with Crippen molar-refractivity contribution in [3.63, 3.8) is 0 Å². The minimum absolute atomic E-state index is 0.0313. The molecule has 0 spiro atoms. The van der Waals surface area contributed by atoms with Gasteiger partial charge >= 0.3 is 0 Å². The summed E-state index contributed by atoms with van der Waals surface area (Å²) in [6.07, 6.45) is 0. The van der Waals surface area contributed by atoms with Crippen molar-refractivity contribution in [1.82, 2.24) is 0 Å². The van der Waals surface area contributed by atoms with Crippen LogP contribution in [0.3, 0.4) is 0 Å². The maximum Gasteiger partial charge on any atom is 0.135 e. The minimum atomic E-state index is -0.0313. The molecule has 1 aliphatic rings. The number of furan rings is 1. The van der Waals surface area contributed by atoms with Gasteiger partial charge in [-0.3, -0.25) is 0 Å². The molecule has 0 atom stereocenters. The second kappa shape index (κ2) is 6.07. The molecule has 1 aromatic heterocycles. The van der Waals surface area contributed by atoms with Crippen molar-refractivity contribution in [1.29, 1.82) is 0 Å². The van der Waals surface area contributed by atoms with Crippen LogP contribution in [0.1, 0.15) is 25.0 Å². The molecule has 0 amide bonds. The first kappa shape index (κ1) is 18.3. The Balaban J connectivity index is 1.56. The first-order valence-electron chi connectivity index (χ1n) is 11.9. The van der Waals surface area contributed by atoms with Crippen molar-refractivity contribution in [3.05, 3.63) is 108 Å². The van der Waals surface area contributed by atoms with E-state index in [1.54, 1.807) is 0 Å². The summed E-state index contributed by atoms with van der Waals surface area (Å²) in [6, 6.07) is 35.5. The van der Waals surface area contributed by atoms with E-state index < -0.39 is 0 Å². The van der Waals surface area contributed by atoms with Gasteiger partial charge in [-0.1, -0.05) is 86.6 Å². The summed E-state index contributed by atoms with van der Waals surface area (Å²) in [5.74, 6) is 0. The number of rotatable bonds is 1. The van der Waals surface area contributed by atoms with E-state index in [4.69, 9.17) is 4.42 Å². The third-order valence-electron chi connectivity index (χ3n) is 8.02. The van der Waals surface area contributed by atoms with Gasteiger partial charge in [0.15, 0.2) is 0 Å². The second-order valence-electron chi connectivity index (χ2n) is 10.2. The van der Waals surface area contributed by atoms with Gasteiger partial charge < -0.3 is 4.42 Å². The highest BCUT2D eigenvalue weighted by molar-refractivity contribution is 6.27. The van der Waals surface area contributed by atoms with Gasteiger partial charge in [0.1, 0.15) is 11.2 Å². The molecule has 0 saturated heterocycles. The van der Waals surface area contributed by atoms with Crippen molar-refractivity contribution < 1.29 is 4.42 Å². The lowest BCUT2D eigenvalue weighted by Crippen LogP contribution is -2.22. The standard InChI is InChI=1S/C33H22O/c1-33(2)26-10-5-7-19-13-15-23-24(18-21-8-6-11-27(33)31(21)32(23)30(19)26)20-14-16-29-25(17-20)22-9-3-4-12-28(22)34-29/h3-18H,1-2H3. The largest absolute Gasteiger partial charge is 0.456 e. The van der Waals surface area contributed by atoms with Crippen LogP contribution >= 0.6 is 0 Å². The summed E-state index contributed by atoms with van der Waals surface area (Å²) in [4.78, 5) is 0. The number of hydrogen-bond acceptors (Lipinski definition) is 1. The smallest absolute Gasteiger partial charge is 0.135 e. The normalized spacial score (nSPS) is 14.4. The highest BCUT2D eigenvalue weighted by Crippen LogP contribution is 2.50. The lowest BCUT2D eigenvalue weighted by Gasteiger charge is -2.34. The highest BCUT2D eigenvalue weighted by Gasteiger charge is 2.32. The summed E-state index contributed by atoms with van der Waals surface area (Å²) in [5, 5.41) is 10.5. The Hall–Kier alpha value is -4.10. The molecule has 0 saturated carbocycles. The Labute approximate surface area is 197 Å². The average molecular weight is 435 g/mol. The van der Waals surface area contributed by atoms with Gasteiger partial charge in [-0.2, -0.15) is 0 Å². The molecule has 7 aromatic rings. The van der Waals surface area contributed by atoms with Gasteiger partial charge in [-0.05, 0) is 78.8 Å². The quantitative estimate of drug-likeness (QED) is 0.235. The van der Waals surface area contributed by atoms with Crippen molar-refractivity contribution in [2.24, 2.45) is 0 Å². The maximum absolute atomic E-state index is 6.10. The summed E-state index contributed by atoms with van der Waals surface area (Å²) < 4.78 is 6.10. The Bertz CT molecular complexity index is 1960. The number of hydrogen-bond donors (Lipinski definition) is 0. The van der Waals surface area contributed by atoms with Crippen LogP contribution < -0.4 is 0 Å². The molecular weight excluding hydrogens is 412 g/mol. The molecule has 0 fully saturated rings. The molecule has 1 nitrogen and oxygen atoms in total. The van der Waals surface area contributed by atoms with Crippen molar-refractivity contribution in [2.45, 2.75) is 19.3 Å². The second-order valence-corrected chi connectivity index (χ2v) is 10.2. The SMILES string of the molecule is CC1(C)c2cccc3ccc4c(-c5ccc6oc7ccccc7c6c5)cc5cccc1c5c4c23. The lowest BCUT2D eigenvalue weighted by molar-refractivity contribution is 0.652. The van der Waals surface area contributed by atoms with E-state index in [2.05, 4.69) is 98.8 Å². The zero-order chi connectivity index (χ0) is 22.6. The zero-order valence-electron chi connectivity index (χ0n) is 19.1. The van der Waals surface area contributed by atoms with E-state index in [-0.39, 0.29) is 5.41 Å². The Morgan fingerprint density at radius 1 is 0.529 bits per heavy atom. The molecule has 0 radical (unpaired) electrons. The van der Waals surface area contributed by atoms with Crippen LogP contribution in [0.25, 0.3) is 65.4 Å². The van der Waals surface area contributed by atoms with Gasteiger partial charge in [0, 0.05) is 16.2 Å². The van der Waals surface area contributed by atoms with Crippen LogP contribution in [0.15, 0.2) is 101 Å². The molecule has 0 bridgehead atoms. The van der Waals surface area contributed by atoms with E-state index >= 15 is 0 Å². The average Bonchev–Trinajstić information content (AvgIpc) is 3.24. The summed E-state index contributed by atoms with van der Waals surface area (Å²) in [5.41, 5.74) is 7.20. The first-order valence-corrected chi connectivity index (χ1v) is 11.9. The molecule has 6 aromatic carbocycles. The molecule has 160 valence electrons. The van der Waals surface area contributed by atoms with Crippen LogP contribution in [0.4, 0.5) is 0 Å². The fourth-order valence-electron chi connectivity index (χ4n) is 6.39. The van der Waals surface area contributed by atoms with E-state index in [1.165, 1.54) is 65.3 Å². The van der Waals surface area contributed by atoms with Crippen LogP contribution in [0.5, 0.6) is 0 Å². The predicted molar refractivity (Wildman–Crippen MR) is 144 cm³/mol. The molecular formula is C33H22O. The molecule has 34 heavy (non-hydrogen) atoms. The highest BCUT2D eigenvalue weighted by atomic mass is 16.3. The van der Waals surface area contributed by atoms with Crippen molar-refractivity contribution >= 4 is 54.3 Å². The van der Waals surface area contributed by atoms with Gasteiger partial charge in [0.2, 0.25) is 0 Å². The summed E-state index contributed by atoms with van der Waals surface area (Å²) >= 11 is 0. The summed E-state index contributed by atoms with van der Waals surface area (Å²) in [7, 11) is 0. The summed E-state index contributed by atoms with van der Waals surface area (Å²) in [6.45, 7) is 4.73. The van der Waals surface area contributed by atoms with E-state index in [9.17, 15) is 0 Å². The van der Waals surface area contributed by atoms with Crippen LogP contribution in [0, 0.1) is 0 Å². The van der Waals surface area contributed by atoms with Gasteiger partial charge in [-0.15, -0.1) is 0 Å². The molecule has 1 heterocycles. The van der Waals surface area contributed by atoms with Crippen molar-refractivity contribution in [2.75, 3.05) is 0 Å². The number of para-hydroxylation sites is 1. The molecule has 0 N–H and O–H groups in total. The van der Waals surface area contributed by atoms with Crippen molar-refractivity contribution in [3.8, 4) is 11.1 Å². The molecule has 8 rings (SSSR count). The Morgan fingerprint density at radius 3 is 2.12 bits per heavy atom. The Morgan fingerprint density at radius 2 is 1.26 bits per heavy atom. The van der Waals surface area contributed by atoms with E-state index in [0.717, 1.165) is 11.2 Å². The van der Waals surface area contributed by atoms with Gasteiger partial charge in [0.05, 0.1) is 0 Å². The lowest BCUT2D eigenvalue weighted by atomic mass is 9.69. The fraction of sp³-hybridized carbons (Fsp3) is 0.0909. The molecule has 1 heteroatoms.